The Bertz CT molecular complexity index is 372. The topological polar surface area (TPSA) is 15.3 Å². The standard InChI is InChI=1S/C16H24N2/c1-13-12-18(16(11-17-13)15-7-8-15)10-9-14-5-3-2-4-6-14/h2-6,13,15-17H,7-12H2,1H3. The fourth-order valence-electron chi connectivity index (χ4n) is 3.12. The molecule has 0 radical (unpaired) electrons. The van der Waals surface area contributed by atoms with Crippen LogP contribution in [0.4, 0.5) is 0 Å². The highest BCUT2D eigenvalue weighted by Gasteiger charge is 2.37. The Labute approximate surface area is 110 Å². The zero-order valence-electron chi connectivity index (χ0n) is 11.3. The summed E-state index contributed by atoms with van der Waals surface area (Å²) < 4.78 is 0. The fraction of sp³-hybridized carbons (Fsp3) is 0.625. The largest absolute Gasteiger partial charge is 0.311 e. The van der Waals surface area contributed by atoms with Crippen LogP contribution in [0.1, 0.15) is 25.3 Å². The number of benzene rings is 1. The second kappa shape index (κ2) is 5.41. The average Bonchev–Trinajstić information content (AvgIpc) is 3.22. The van der Waals surface area contributed by atoms with Gasteiger partial charge >= 0.3 is 0 Å². The summed E-state index contributed by atoms with van der Waals surface area (Å²) in [6, 6.07) is 12.3. The summed E-state index contributed by atoms with van der Waals surface area (Å²) in [5.41, 5.74) is 1.47. The quantitative estimate of drug-likeness (QED) is 0.874. The van der Waals surface area contributed by atoms with E-state index in [2.05, 4.69) is 47.5 Å². The Morgan fingerprint density at radius 1 is 1.22 bits per heavy atom. The SMILES string of the molecule is CC1CN(CCc2ccccc2)C(C2CC2)CN1. The molecule has 3 rings (SSSR count). The van der Waals surface area contributed by atoms with E-state index in [0.717, 1.165) is 12.0 Å². The number of hydrogen-bond donors (Lipinski definition) is 1. The Balaban J connectivity index is 1.58. The molecule has 0 spiro atoms. The molecule has 2 unspecified atom stereocenters. The van der Waals surface area contributed by atoms with Crippen molar-refractivity contribution in [2.45, 2.75) is 38.3 Å². The number of rotatable bonds is 4. The molecular formula is C16H24N2. The molecule has 1 heterocycles. The summed E-state index contributed by atoms with van der Waals surface area (Å²) in [6.07, 6.45) is 4.09. The molecule has 18 heavy (non-hydrogen) atoms. The molecule has 2 atom stereocenters. The zero-order chi connectivity index (χ0) is 12.4. The van der Waals surface area contributed by atoms with Crippen LogP contribution in [0.5, 0.6) is 0 Å². The maximum absolute atomic E-state index is 3.64. The van der Waals surface area contributed by atoms with Crippen molar-refractivity contribution >= 4 is 0 Å². The summed E-state index contributed by atoms with van der Waals surface area (Å²) in [5, 5.41) is 3.64. The van der Waals surface area contributed by atoms with Crippen molar-refractivity contribution in [2.75, 3.05) is 19.6 Å². The number of nitrogens with zero attached hydrogens (tertiary/aromatic N) is 1. The molecule has 2 aliphatic rings. The van der Waals surface area contributed by atoms with Gasteiger partial charge in [-0.25, -0.2) is 0 Å². The molecule has 1 aliphatic heterocycles. The first-order chi connectivity index (χ1) is 8.83. The lowest BCUT2D eigenvalue weighted by Gasteiger charge is -2.39. The molecule has 0 aromatic heterocycles. The van der Waals surface area contributed by atoms with Gasteiger partial charge in [-0.1, -0.05) is 30.3 Å². The van der Waals surface area contributed by atoms with E-state index < -0.39 is 0 Å². The van der Waals surface area contributed by atoms with E-state index in [-0.39, 0.29) is 0 Å². The van der Waals surface area contributed by atoms with Crippen molar-refractivity contribution in [1.29, 1.82) is 0 Å². The smallest absolute Gasteiger partial charge is 0.0249 e. The van der Waals surface area contributed by atoms with Crippen LogP contribution >= 0.6 is 0 Å². The van der Waals surface area contributed by atoms with Crippen LogP contribution < -0.4 is 5.32 Å². The van der Waals surface area contributed by atoms with Gasteiger partial charge in [-0.15, -0.1) is 0 Å². The van der Waals surface area contributed by atoms with Crippen LogP contribution in [0.25, 0.3) is 0 Å². The van der Waals surface area contributed by atoms with Crippen molar-refractivity contribution in [3.63, 3.8) is 0 Å². The third-order valence-electron chi connectivity index (χ3n) is 4.35. The third kappa shape index (κ3) is 2.93. The molecule has 1 aliphatic carbocycles. The van der Waals surface area contributed by atoms with E-state index in [9.17, 15) is 0 Å². The molecule has 1 saturated carbocycles. The van der Waals surface area contributed by atoms with Crippen molar-refractivity contribution in [3.8, 4) is 0 Å². The van der Waals surface area contributed by atoms with E-state index in [0.29, 0.717) is 6.04 Å². The Hall–Kier alpha value is -0.860. The maximum Gasteiger partial charge on any atom is 0.0249 e. The lowest BCUT2D eigenvalue weighted by molar-refractivity contribution is 0.121. The Morgan fingerprint density at radius 3 is 2.72 bits per heavy atom. The number of piperazine rings is 1. The average molecular weight is 244 g/mol. The van der Waals surface area contributed by atoms with Gasteiger partial charge in [0.2, 0.25) is 0 Å². The lowest BCUT2D eigenvalue weighted by atomic mass is 10.0. The minimum atomic E-state index is 0.649. The van der Waals surface area contributed by atoms with Gasteiger partial charge in [0.25, 0.3) is 0 Å². The zero-order valence-corrected chi connectivity index (χ0v) is 11.3. The number of hydrogen-bond acceptors (Lipinski definition) is 2. The van der Waals surface area contributed by atoms with Crippen molar-refractivity contribution < 1.29 is 0 Å². The molecule has 2 heteroatoms. The van der Waals surface area contributed by atoms with Crippen LogP contribution in [-0.4, -0.2) is 36.6 Å². The van der Waals surface area contributed by atoms with Gasteiger partial charge in [-0.2, -0.15) is 0 Å². The summed E-state index contributed by atoms with van der Waals surface area (Å²) >= 11 is 0. The molecular weight excluding hydrogens is 220 g/mol. The van der Waals surface area contributed by atoms with E-state index in [1.165, 1.54) is 44.5 Å². The van der Waals surface area contributed by atoms with Gasteiger partial charge in [0.1, 0.15) is 0 Å². The van der Waals surface area contributed by atoms with Crippen LogP contribution in [0.15, 0.2) is 30.3 Å². The molecule has 2 fully saturated rings. The molecule has 2 nitrogen and oxygen atoms in total. The molecule has 0 bridgehead atoms. The van der Waals surface area contributed by atoms with Crippen LogP contribution in [0.2, 0.25) is 0 Å². The highest BCUT2D eigenvalue weighted by Crippen LogP contribution is 2.36. The molecule has 1 aromatic carbocycles. The summed E-state index contributed by atoms with van der Waals surface area (Å²) in [6.45, 7) is 5.93. The maximum atomic E-state index is 3.64. The van der Waals surface area contributed by atoms with Crippen molar-refractivity contribution in [1.82, 2.24) is 10.2 Å². The van der Waals surface area contributed by atoms with Gasteiger partial charge in [0.05, 0.1) is 0 Å². The van der Waals surface area contributed by atoms with Crippen LogP contribution in [0, 0.1) is 5.92 Å². The fourth-order valence-corrected chi connectivity index (χ4v) is 3.12. The summed E-state index contributed by atoms with van der Waals surface area (Å²) in [7, 11) is 0. The predicted molar refractivity (Wildman–Crippen MR) is 75.7 cm³/mol. The monoisotopic (exact) mass is 244 g/mol. The molecule has 1 aromatic rings. The minimum absolute atomic E-state index is 0.649. The molecule has 98 valence electrons. The van der Waals surface area contributed by atoms with Crippen molar-refractivity contribution in [3.05, 3.63) is 35.9 Å². The lowest BCUT2D eigenvalue weighted by Crippen LogP contribution is -2.56. The number of nitrogens with one attached hydrogen (secondary N) is 1. The molecule has 1 saturated heterocycles. The van der Waals surface area contributed by atoms with E-state index in [1.807, 2.05) is 0 Å². The third-order valence-corrected chi connectivity index (χ3v) is 4.35. The van der Waals surface area contributed by atoms with Gasteiger partial charge < -0.3 is 5.32 Å². The molecule has 1 N–H and O–H groups in total. The highest BCUT2D eigenvalue weighted by molar-refractivity contribution is 5.15. The molecule has 0 amide bonds. The summed E-state index contributed by atoms with van der Waals surface area (Å²) in [4.78, 5) is 2.73. The van der Waals surface area contributed by atoms with Crippen LogP contribution in [0.3, 0.4) is 0 Å². The Morgan fingerprint density at radius 2 is 2.00 bits per heavy atom. The second-order valence-corrected chi connectivity index (χ2v) is 5.94. The van der Waals surface area contributed by atoms with Gasteiger partial charge in [-0.3, -0.25) is 4.90 Å². The van der Waals surface area contributed by atoms with Crippen molar-refractivity contribution in [2.24, 2.45) is 5.92 Å². The first-order valence-electron chi connectivity index (χ1n) is 7.34. The van der Waals surface area contributed by atoms with Gasteiger partial charge in [0, 0.05) is 31.7 Å². The van der Waals surface area contributed by atoms with E-state index in [1.54, 1.807) is 0 Å². The predicted octanol–water partition coefficient (Wildman–Crippen LogP) is 2.30. The summed E-state index contributed by atoms with van der Waals surface area (Å²) in [5.74, 6) is 0.973. The first-order valence-corrected chi connectivity index (χ1v) is 7.34. The first kappa shape index (κ1) is 12.2. The normalized spacial score (nSPS) is 29.4. The van der Waals surface area contributed by atoms with Gasteiger partial charge in [0.15, 0.2) is 0 Å². The second-order valence-electron chi connectivity index (χ2n) is 5.94. The van der Waals surface area contributed by atoms with E-state index in [4.69, 9.17) is 0 Å². The van der Waals surface area contributed by atoms with Crippen LogP contribution in [-0.2, 0) is 6.42 Å². The highest BCUT2D eigenvalue weighted by atomic mass is 15.2. The van der Waals surface area contributed by atoms with Gasteiger partial charge in [-0.05, 0) is 37.7 Å². The van der Waals surface area contributed by atoms with E-state index >= 15 is 0 Å². The minimum Gasteiger partial charge on any atom is -0.311 e. The Kier molecular flexibility index (Phi) is 3.67.